The molecule has 2 rings (SSSR count). The van der Waals surface area contributed by atoms with Crippen LogP contribution in [-0.2, 0) is 14.8 Å². The Morgan fingerprint density at radius 1 is 1.47 bits per heavy atom. The van der Waals surface area contributed by atoms with E-state index in [-0.39, 0.29) is 4.90 Å². The molecule has 0 spiro atoms. The van der Waals surface area contributed by atoms with Gasteiger partial charge in [-0.05, 0) is 52.9 Å². The fourth-order valence-electron chi connectivity index (χ4n) is 1.98. The average Bonchev–Trinajstić information content (AvgIpc) is 2.85. The standard InChI is InChI=1S/C12H17BrN2O3S/c13-11-2-1-10(7-12(11)14)19(16,17)15-5-3-9-4-6-18-8-9/h1-2,7,9,15H,3-6,8,14H2. The highest BCUT2D eigenvalue weighted by atomic mass is 79.9. The first kappa shape index (κ1) is 14.8. The Morgan fingerprint density at radius 3 is 2.89 bits per heavy atom. The number of ether oxygens (including phenoxy) is 1. The van der Waals surface area contributed by atoms with E-state index in [2.05, 4.69) is 20.7 Å². The fraction of sp³-hybridized carbons (Fsp3) is 0.500. The lowest BCUT2D eigenvalue weighted by molar-refractivity contribution is 0.184. The third-order valence-electron chi connectivity index (χ3n) is 3.15. The van der Waals surface area contributed by atoms with Crippen LogP contribution >= 0.6 is 15.9 Å². The number of nitrogen functional groups attached to an aromatic ring is 1. The number of hydrogen-bond acceptors (Lipinski definition) is 4. The SMILES string of the molecule is Nc1cc(S(=O)(=O)NCCC2CCOC2)ccc1Br. The number of halogens is 1. The van der Waals surface area contributed by atoms with Crippen LogP contribution in [0.2, 0.25) is 0 Å². The molecule has 1 heterocycles. The topological polar surface area (TPSA) is 81.4 Å². The number of anilines is 1. The number of rotatable bonds is 5. The molecule has 1 unspecified atom stereocenters. The number of nitrogens with two attached hydrogens (primary N) is 1. The van der Waals surface area contributed by atoms with Gasteiger partial charge in [-0.1, -0.05) is 0 Å². The zero-order valence-corrected chi connectivity index (χ0v) is 12.8. The molecule has 0 saturated carbocycles. The summed E-state index contributed by atoms with van der Waals surface area (Å²) in [5.74, 6) is 0.456. The van der Waals surface area contributed by atoms with Crippen molar-refractivity contribution in [3.8, 4) is 0 Å². The van der Waals surface area contributed by atoms with Gasteiger partial charge in [-0.15, -0.1) is 0 Å². The van der Waals surface area contributed by atoms with E-state index in [0.717, 1.165) is 26.1 Å². The van der Waals surface area contributed by atoms with Crippen molar-refractivity contribution in [2.45, 2.75) is 17.7 Å². The maximum absolute atomic E-state index is 12.1. The molecule has 1 aromatic rings. The lowest BCUT2D eigenvalue weighted by Crippen LogP contribution is -2.26. The first-order valence-electron chi connectivity index (χ1n) is 6.11. The lowest BCUT2D eigenvalue weighted by Gasteiger charge is -2.10. The molecule has 0 aliphatic carbocycles. The zero-order valence-electron chi connectivity index (χ0n) is 10.4. The van der Waals surface area contributed by atoms with E-state index in [1.165, 1.54) is 12.1 Å². The van der Waals surface area contributed by atoms with Crippen molar-refractivity contribution >= 4 is 31.6 Å². The molecule has 1 saturated heterocycles. The Bertz CT molecular complexity index is 542. The van der Waals surface area contributed by atoms with Gasteiger partial charge in [-0.3, -0.25) is 0 Å². The summed E-state index contributed by atoms with van der Waals surface area (Å²) in [5, 5.41) is 0. The predicted octanol–water partition coefficient (Wildman–Crippen LogP) is 1.74. The van der Waals surface area contributed by atoms with Crippen LogP contribution in [0.5, 0.6) is 0 Å². The predicted molar refractivity (Wildman–Crippen MR) is 77.3 cm³/mol. The van der Waals surface area contributed by atoms with E-state index in [0.29, 0.717) is 22.6 Å². The molecular weight excluding hydrogens is 332 g/mol. The van der Waals surface area contributed by atoms with E-state index in [4.69, 9.17) is 10.5 Å². The number of nitrogens with one attached hydrogen (secondary N) is 1. The molecular formula is C12H17BrN2O3S. The van der Waals surface area contributed by atoms with Gasteiger partial charge in [-0.25, -0.2) is 13.1 Å². The number of benzene rings is 1. The van der Waals surface area contributed by atoms with Crippen LogP contribution in [-0.4, -0.2) is 28.2 Å². The summed E-state index contributed by atoms with van der Waals surface area (Å²) in [4.78, 5) is 0.191. The van der Waals surface area contributed by atoms with Crippen molar-refractivity contribution in [1.29, 1.82) is 0 Å². The van der Waals surface area contributed by atoms with Crippen LogP contribution in [0, 0.1) is 5.92 Å². The number of sulfonamides is 1. The summed E-state index contributed by atoms with van der Waals surface area (Å²) in [6.07, 6.45) is 1.80. The number of hydrogen-bond donors (Lipinski definition) is 2. The highest BCUT2D eigenvalue weighted by Gasteiger charge is 2.18. The average molecular weight is 349 g/mol. The third-order valence-corrected chi connectivity index (χ3v) is 5.33. The van der Waals surface area contributed by atoms with Gasteiger partial charge in [0.2, 0.25) is 10.0 Å². The Hall–Kier alpha value is -0.630. The van der Waals surface area contributed by atoms with Gasteiger partial charge in [0.05, 0.1) is 4.90 Å². The van der Waals surface area contributed by atoms with Gasteiger partial charge in [-0.2, -0.15) is 0 Å². The summed E-state index contributed by atoms with van der Waals surface area (Å²) in [6, 6.07) is 4.61. The van der Waals surface area contributed by atoms with Gasteiger partial charge in [0.15, 0.2) is 0 Å². The van der Waals surface area contributed by atoms with Gasteiger partial charge in [0.1, 0.15) is 0 Å². The summed E-state index contributed by atoms with van der Waals surface area (Å²) >= 11 is 3.24. The van der Waals surface area contributed by atoms with Crippen molar-refractivity contribution in [2.24, 2.45) is 5.92 Å². The molecule has 1 aliphatic rings. The van der Waals surface area contributed by atoms with Crippen molar-refractivity contribution in [3.63, 3.8) is 0 Å². The van der Waals surface area contributed by atoms with Crippen molar-refractivity contribution in [2.75, 3.05) is 25.5 Å². The second kappa shape index (κ2) is 6.21. The largest absolute Gasteiger partial charge is 0.398 e. The summed E-state index contributed by atoms with van der Waals surface area (Å²) in [7, 11) is -3.48. The van der Waals surface area contributed by atoms with Crippen LogP contribution < -0.4 is 10.5 Å². The normalized spacial score (nSPS) is 19.7. The van der Waals surface area contributed by atoms with Crippen molar-refractivity contribution < 1.29 is 13.2 Å². The summed E-state index contributed by atoms with van der Waals surface area (Å²) in [5.41, 5.74) is 6.10. The molecule has 19 heavy (non-hydrogen) atoms. The Kier molecular flexibility index (Phi) is 4.83. The zero-order chi connectivity index (χ0) is 13.9. The summed E-state index contributed by atoms with van der Waals surface area (Å²) < 4.78 is 32.7. The van der Waals surface area contributed by atoms with Crippen molar-refractivity contribution in [1.82, 2.24) is 4.72 Å². The molecule has 0 amide bonds. The Balaban J connectivity index is 1.95. The van der Waals surface area contributed by atoms with Crippen molar-refractivity contribution in [3.05, 3.63) is 22.7 Å². The molecule has 1 atom stereocenters. The minimum Gasteiger partial charge on any atom is -0.398 e. The molecule has 1 aromatic carbocycles. The first-order chi connectivity index (χ1) is 8.99. The Morgan fingerprint density at radius 2 is 2.26 bits per heavy atom. The molecule has 106 valence electrons. The molecule has 0 bridgehead atoms. The van der Waals surface area contributed by atoms with Gasteiger partial charge in [0.25, 0.3) is 0 Å². The smallest absolute Gasteiger partial charge is 0.240 e. The Labute approximate surface area is 121 Å². The van der Waals surface area contributed by atoms with E-state index in [1.54, 1.807) is 6.07 Å². The third kappa shape index (κ3) is 3.92. The van der Waals surface area contributed by atoms with Crippen LogP contribution in [0.25, 0.3) is 0 Å². The van der Waals surface area contributed by atoms with E-state index in [1.807, 2.05) is 0 Å². The second-order valence-corrected chi connectivity index (χ2v) is 7.22. The van der Waals surface area contributed by atoms with Crippen LogP contribution in [0.1, 0.15) is 12.8 Å². The van der Waals surface area contributed by atoms with E-state index < -0.39 is 10.0 Å². The highest BCUT2D eigenvalue weighted by molar-refractivity contribution is 9.10. The maximum Gasteiger partial charge on any atom is 0.240 e. The highest BCUT2D eigenvalue weighted by Crippen LogP contribution is 2.23. The van der Waals surface area contributed by atoms with E-state index in [9.17, 15) is 8.42 Å². The first-order valence-corrected chi connectivity index (χ1v) is 8.39. The lowest BCUT2D eigenvalue weighted by atomic mass is 10.1. The van der Waals surface area contributed by atoms with Gasteiger partial charge < -0.3 is 10.5 Å². The molecule has 0 aromatic heterocycles. The molecule has 3 N–H and O–H groups in total. The van der Waals surface area contributed by atoms with Crippen LogP contribution in [0.15, 0.2) is 27.6 Å². The molecule has 1 fully saturated rings. The summed E-state index contributed by atoms with van der Waals surface area (Å²) in [6.45, 7) is 1.93. The molecule has 7 heteroatoms. The minimum absolute atomic E-state index is 0.191. The molecule has 5 nitrogen and oxygen atoms in total. The minimum atomic E-state index is -3.48. The quantitative estimate of drug-likeness (QED) is 0.794. The van der Waals surface area contributed by atoms with Gasteiger partial charge >= 0.3 is 0 Å². The molecule has 0 radical (unpaired) electrons. The second-order valence-electron chi connectivity index (χ2n) is 4.60. The monoisotopic (exact) mass is 348 g/mol. The van der Waals surface area contributed by atoms with Gasteiger partial charge in [0, 0.05) is 29.9 Å². The fourth-order valence-corrected chi connectivity index (χ4v) is 3.31. The van der Waals surface area contributed by atoms with E-state index >= 15 is 0 Å². The van der Waals surface area contributed by atoms with Crippen LogP contribution in [0.4, 0.5) is 5.69 Å². The maximum atomic E-state index is 12.1. The van der Waals surface area contributed by atoms with Crippen LogP contribution in [0.3, 0.4) is 0 Å². The molecule has 1 aliphatic heterocycles.